The van der Waals surface area contributed by atoms with E-state index in [1.54, 1.807) is 0 Å². The molecule has 3 rings (SSSR count). The second-order valence-electron chi connectivity index (χ2n) is 4.16. The summed E-state index contributed by atoms with van der Waals surface area (Å²) in [6.45, 7) is 0. The van der Waals surface area contributed by atoms with Crippen LogP contribution in [0.4, 0.5) is 0 Å². The average molecular weight is 305 g/mol. The first-order chi connectivity index (χ1) is 9.79. The van der Waals surface area contributed by atoms with Gasteiger partial charge in [0.05, 0.1) is 11.4 Å². The van der Waals surface area contributed by atoms with Crippen molar-refractivity contribution in [2.45, 2.75) is 5.88 Å². The first-order valence-corrected chi connectivity index (χ1v) is 6.92. The highest BCUT2D eigenvalue weighted by Gasteiger charge is 2.12. The fourth-order valence-electron chi connectivity index (χ4n) is 1.97. The van der Waals surface area contributed by atoms with Crippen LogP contribution >= 0.6 is 23.2 Å². The molecule has 20 heavy (non-hydrogen) atoms. The molecule has 0 aliphatic rings. The molecule has 5 heteroatoms. The number of rotatable bonds is 3. The van der Waals surface area contributed by atoms with Crippen molar-refractivity contribution in [3.63, 3.8) is 0 Å². The van der Waals surface area contributed by atoms with E-state index in [1.165, 1.54) is 6.33 Å². The van der Waals surface area contributed by atoms with E-state index in [9.17, 15) is 0 Å². The van der Waals surface area contributed by atoms with E-state index in [1.807, 2.05) is 42.5 Å². The van der Waals surface area contributed by atoms with E-state index >= 15 is 0 Å². The number of nitrogens with zero attached hydrogens (tertiary/aromatic N) is 2. The Hall–Kier alpha value is -1.84. The van der Waals surface area contributed by atoms with Crippen molar-refractivity contribution in [1.82, 2.24) is 9.97 Å². The van der Waals surface area contributed by atoms with Crippen molar-refractivity contribution in [1.29, 1.82) is 0 Å². The van der Waals surface area contributed by atoms with Crippen molar-refractivity contribution in [2.24, 2.45) is 0 Å². The molecule has 0 radical (unpaired) electrons. The Morgan fingerprint density at radius 1 is 1.00 bits per heavy atom. The molecule has 0 saturated heterocycles. The molecule has 0 N–H and O–H groups in total. The van der Waals surface area contributed by atoms with Crippen molar-refractivity contribution >= 4 is 34.0 Å². The lowest BCUT2D eigenvalue weighted by atomic mass is 10.1. The smallest absolute Gasteiger partial charge is 0.228 e. The van der Waals surface area contributed by atoms with Gasteiger partial charge >= 0.3 is 0 Å². The lowest BCUT2D eigenvalue weighted by molar-refractivity contribution is 0.462. The van der Waals surface area contributed by atoms with Crippen LogP contribution < -0.4 is 4.74 Å². The molecule has 3 aromatic rings. The van der Waals surface area contributed by atoms with E-state index < -0.39 is 0 Å². The molecule has 1 heterocycles. The number of hydrogen-bond acceptors (Lipinski definition) is 3. The maximum atomic E-state index is 6.00. The summed E-state index contributed by atoms with van der Waals surface area (Å²) in [6.07, 6.45) is 1.36. The second-order valence-corrected chi connectivity index (χ2v) is 4.79. The van der Waals surface area contributed by atoms with Gasteiger partial charge in [-0.05, 0) is 11.5 Å². The Bertz CT molecular complexity index is 756. The molecular weight excluding hydrogens is 295 g/mol. The van der Waals surface area contributed by atoms with Gasteiger partial charge in [0.25, 0.3) is 0 Å². The SMILES string of the molecule is ClCc1c(Cl)ncnc1Oc1cccc2ccccc12. The fourth-order valence-corrected chi connectivity index (χ4v) is 2.47. The number of halogens is 2. The Labute approximate surface area is 126 Å². The maximum absolute atomic E-state index is 6.00. The molecule has 0 atom stereocenters. The van der Waals surface area contributed by atoms with Gasteiger partial charge in [-0.2, -0.15) is 0 Å². The first kappa shape index (κ1) is 13.2. The molecule has 2 aromatic carbocycles. The number of ether oxygens (including phenoxy) is 1. The third-order valence-electron chi connectivity index (χ3n) is 2.94. The van der Waals surface area contributed by atoms with Gasteiger partial charge in [0.15, 0.2) is 0 Å². The Balaban J connectivity index is 2.08. The van der Waals surface area contributed by atoms with Crippen molar-refractivity contribution in [2.75, 3.05) is 0 Å². The zero-order chi connectivity index (χ0) is 13.9. The summed E-state index contributed by atoms with van der Waals surface area (Å²) in [6, 6.07) is 13.8. The molecule has 0 amide bonds. The molecule has 3 nitrogen and oxygen atoms in total. The van der Waals surface area contributed by atoms with Crippen molar-refractivity contribution < 1.29 is 4.74 Å². The Morgan fingerprint density at radius 3 is 2.65 bits per heavy atom. The molecule has 0 bridgehead atoms. The van der Waals surface area contributed by atoms with Crippen LogP contribution in [-0.2, 0) is 5.88 Å². The third-order valence-corrected chi connectivity index (χ3v) is 3.54. The zero-order valence-corrected chi connectivity index (χ0v) is 11.9. The minimum absolute atomic E-state index is 0.194. The van der Waals surface area contributed by atoms with Crippen LogP contribution in [0.1, 0.15) is 5.56 Å². The normalized spacial score (nSPS) is 10.7. The van der Waals surface area contributed by atoms with Crippen LogP contribution in [0.15, 0.2) is 48.8 Å². The first-order valence-electron chi connectivity index (χ1n) is 6.00. The number of benzene rings is 2. The topological polar surface area (TPSA) is 35.0 Å². The van der Waals surface area contributed by atoms with Crippen molar-refractivity contribution in [3.05, 3.63) is 59.5 Å². The summed E-state index contributed by atoms with van der Waals surface area (Å²) in [7, 11) is 0. The fraction of sp³-hybridized carbons (Fsp3) is 0.0667. The number of alkyl halides is 1. The van der Waals surface area contributed by atoms with Gasteiger partial charge in [0.2, 0.25) is 5.88 Å². The van der Waals surface area contributed by atoms with Gasteiger partial charge in [0, 0.05) is 5.39 Å². The zero-order valence-electron chi connectivity index (χ0n) is 10.4. The standard InChI is InChI=1S/C15H10Cl2N2O/c16-8-12-14(17)18-9-19-15(12)20-13-7-3-5-10-4-1-2-6-11(10)13/h1-7,9H,8H2. The van der Waals surface area contributed by atoms with Crippen LogP contribution in [0.3, 0.4) is 0 Å². The highest BCUT2D eigenvalue weighted by atomic mass is 35.5. The van der Waals surface area contributed by atoms with Crippen LogP contribution in [-0.4, -0.2) is 9.97 Å². The largest absolute Gasteiger partial charge is 0.438 e. The monoisotopic (exact) mass is 304 g/mol. The van der Waals surface area contributed by atoms with E-state index in [2.05, 4.69) is 9.97 Å². The maximum Gasteiger partial charge on any atom is 0.228 e. The summed E-state index contributed by atoms with van der Waals surface area (Å²) >= 11 is 11.9. The van der Waals surface area contributed by atoms with Crippen LogP contribution in [0, 0.1) is 0 Å². The highest BCUT2D eigenvalue weighted by molar-refractivity contribution is 6.31. The summed E-state index contributed by atoms with van der Waals surface area (Å²) in [5, 5.41) is 2.41. The Kier molecular flexibility index (Phi) is 3.72. The average Bonchev–Trinajstić information content (AvgIpc) is 2.48. The molecular formula is C15H10Cl2N2O. The quantitative estimate of drug-likeness (QED) is 0.514. The summed E-state index contributed by atoms with van der Waals surface area (Å²) in [5.41, 5.74) is 0.587. The minimum atomic E-state index is 0.194. The lowest BCUT2D eigenvalue weighted by Gasteiger charge is -2.11. The van der Waals surface area contributed by atoms with Crippen LogP contribution in [0.25, 0.3) is 10.8 Å². The van der Waals surface area contributed by atoms with E-state index in [-0.39, 0.29) is 5.88 Å². The second kappa shape index (κ2) is 5.65. The predicted molar refractivity (Wildman–Crippen MR) is 80.6 cm³/mol. The number of hydrogen-bond donors (Lipinski definition) is 0. The molecule has 0 saturated carbocycles. The minimum Gasteiger partial charge on any atom is -0.438 e. The third kappa shape index (κ3) is 2.42. The number of aromatic nitrogens is 2. The van der Waals surface area contributed by atoms with Gasteiger partial charge in [-0.15, -0.1) is 11.6 Å². The lowest BCUT2D eigenvalue weighted by Crippen LogP contribution is -1.96. The molecule has 0 aliphatic heterocycles. The summed E-state index contributed by atoms with van der Waals surface area (Å²) in [5.74, 6) is 1.29. The molecule has 0 spiro atoms. The van der Waals surface area contributed by atoms with Crippen molar-refractivity contribution in [3.8, 4) is 11.6 Å². The Morgan fingerprint density at radius 2 is 1.80 bits per heavy atom. The molecule has 0 aliphatic carbocycles. The molecule has 0 fully saturated rings. The molecule has 1 aromatic heterocycles. The van der Waals surface area contributed by atoms with Gasteiger partial charge in [-0.25, -0.2) is 9.97 Å². The highest BCUT2D eigenvalue weighted by Crippen LogP contribution is 2.32. The van der Waals surface area contributed by atoms with Crippen LogP contribution in [0.5, 0.6) is 11.6 Å². The van der Waals surface area contributed by atoms with Gasteiger partial charge < -0.3 is 4.74 Å². The predicted octanol–water partition coefficient (Wildman–Crippen LogP) is 4.81. The number of fused-ring (bicyclic) bond motifs is 1. The summed E-state index contributed by atoms with van der Waals surface area (Å²) < 4.78 is 5.87. The van der Waals surface area contributed by atoms with Gasteiger partial charge in [-0.1, -0.05) is 48.0 Å². The molecule has 100 valence electrons. The van der Waals surface area contributed by atoms with Crippen LogP contribution in [0.2, 0.25) is 5.15 Å². The van der Waals surface area contributed by atoms with Gasteiger partial charge in [0.1, 0.15) is 17.2 Å². The van der Waals surface area contributed by atoms with E-state index in [0.717, 1.165) is 10.8 Å². The van der Waals surface area contributed by atoms with E-state index in [0.29, 0.717) is 22.3 Å². The summed E-state index contributed by atoms with van der Waals surface area (Å²) in [4.78, 5) is 8.01. The molecule has 0 unspecified atom stereocenters. The van der Waals surface area contributed by atoms with Gasteiger partial charge in [-0.3, -0.25) is 0 Å². The van der Waals surface area contributed by atoms with E-state index in [4.69, 9.17) is 27.9 Å².